The molecule has 1 unspecified atom stereocenters. The van der Waals surface area contributed by atoms with Gasteiger partial charge in [-0.25, -0.2) is 9.78 Å². The summed E-state index contributed by atoms with van der Waals surface area (Å²) in [7, 11) is 1.48. The van der Waals surface area contributed by atoms with Crippen molar-refractivity contribution in [2.24, 2.45) is 5.73 Å². The quantitative estimate of drug-likeness (QED) is 0.658. The fraction of sp³-hybridized carbons (Fsp3) is 0.556. The first kappa shape index (κ1) is 26.7. The summed E-state index contributed by atoms with van der Waals surface area (Å²) in [6, 6.07) is 7.43. The molecule has 1 fully saturated rings. The van der Waals surface area contributed by atoms with E-state index < -0.39 is 12.1 Å². The van der Waals surface area contributed by atoms with Crippen molar-refractivity contribution in [3.05, 3.63) is 53.1 Å². The molecule has 2 aromatic rings. The number of urea groups is 1. The predicted octanol–water partition coefficient (Wildman–Crippen LogP) is 1.74. The van der Waals surface area contributed by atoms with E-state index in [2.05, 4.69) is 54.6 Å². The van der Waals surface area contributed by atoms with Crippen molar-refractivity contribution in [2.75, 3.05) is 39.9 Å². The minimum atomic E-state index is -0.662. The molecule has 3 heterocycles. The molecule has 0 aliphatic carbocycles. The van der Waals surface area contributed by atoms with Gasteiger partial charge in [0.2, 0.25) is 11.8 Å². The molecule has 2 aliphatic rings. The molecule has 2 N–H and O–H groups in total. The Kier molecular flexibility index (Phi) is 7.87. The lowest BCUT2D eigenvalue weighted by atomic mass is 9.87. The second-order valence-corrected chi connectivity index (χ2v) is 10.9. The number of carbonyl (C=O) groups is 3. The number of amides is 4. The highest BCUT2D eigenvalue weighted by Crippen LogP contribution is 2.27. The predicted molar refractivity (Wildman–Crippen MR) is 139 cm³/mol. The molecule has 4 rings (SSSR count). The minimum Gasteiger partial charge on any atom is -0.375 e. The monoisotopic (exact) mass is 510 g/mol. The first-order valence-electron chi connectivity index (χ1n) is 12.8. The van der Waals surface area contributed by atoms with Gasteiger partial charge < -0.3 is 29.7 Å². The normalized spacial score (nSPS) is 18.4. The maximum absolute atomic E-state index is 13.6. The van der Waals surface area contributed by atoms with E-state index in [1.807, 2.05) is 0 Å². The van der Waals surface area contributed by atoms with Gasteiger partial charge in [0.25, 0.3) is 0 Å². The first-order chi connectivity index (χ1) is 17.6. The van der Waals surface area contributed by atoms with Crippen LogP contribution in [0.2, 0.25) is 0 Å². The molecule has 0 spiro atoms. The summed E-state index contributed by atoms with van der Waals surface area (Å²) in [6.45, 7) is 9.19. The molecule has 0 radical (unpaired) electrons. The Balaban J connectivity index is 1.54. The fourth-order valence-corrected chi connectivity index (χ4v) is 5.07. The van der Waals surface area contributed by atoms with Gasteiger partial charge in [0.1, 0.15) is 12.6 Å². The number of methoxy groups -OCH3 is 1. The van der Waals surface area contributed by atoms with Gasteiger partial charge >= 0.3 is 6.03 Å². The Morgan fingerprint density at radius 3 is 2.38 bits per heavy atom. The van der Waals surface area contributed by atoms with Crippen LogP contribution >= 0.6 is 0 Å². The SMILES string of the molecule is COCC(=O)N1Cc2c(ncn2Cc2ccc(C(C)(C)C)cc2)CC1C(=O)N1CCCN(C(N)=O)CC1. The smallest absolute Gasteiger partial charge is 0.314 e. The molecule has 2 aliphatic heterocycles. The zero-order valence-corrected chi connectivity index (χ0v) is 22.3. The topological polar surface area (TPSA) is 114 Å². The third-order valence-electron chi connectivity index (χ3n) is 7.28. The van der Waals surface area contributed by atoms with E-state index in [4.69, 9.17) is 10.5 Å². The van der Waals surface area contributed by atoms with Gasteiger partial charge in [-0.3, -0.25) is 9.59 Å². The number of fused-ring (bicyclic) bond motifs is 1. The summed E-state index contributed by atoms with van der Waals surface area (Å²) in [5.74, 6) is -0.365. The van der Waals surface area contributed by atoms with Crippen molar-refractivity contribution in [3.8, 4) is 0 Å². The van der Waals surface area contributed by atoms with E-state index in [0.29, 0.717) is 45.6 Å². The van der Waals surface area contributed by atoms with E-state index in [0.717, 1.165) is 17.0 Å². The van der Waals surface area contributed by atoms with Crippen LogP contribution in [-0.4, -0.2) is 88.0 Å². The average molecular weight is 511 g/mol. The van der Waals surface area contributed by atoms with Crippen LogP contribution < -0.4 is 5.73 Å². The Labute approximate surface area is 218 Å². The van der Waals surface area contributed by atoms with Gasteiger partial charge in [0.15, 0.2) is 0 Å². The summed E-state index contributed by atoms with van der Waals surface area (Å²) < 4.78 is 7.19. The average Bonchev–Trinajstić information content (AvgIpc) is 3.07. The lowest BCUT2D eigenvalue weighted by Crippen LogP contribution is -2.55. The van der Waals surface area contributed by atoms with Gasteiger partial charge in [-0.2, -0.15) is 0 Å². The van der Waals surface area contributed by atoms with Crippen molar-refractivity contribution in [3.63, 3.8) is 0 Å². The van der Waals surface area contributed by atoms with Crippen LogP contribution in [0.25, 0.3) is 0 Å². The number of nitrogens with zero attached hydrogens (tertiary/aromatic N) is 5. The highest BCUT2D eigenvalue weighted by atomic mass is 16.5. The fourth-order valence-electron chi connectivity index (χ4n) is 5.07. The van der Waals surface area contributed by atoms with Gasteiger partial charge in [0, 0.05) is 46.3 Å². The summed E-state index contributed by atoms with van der Waals surface area (Å²) in [5, 5.41) is 0. The summed E-state index contributed by atoms with van der Waals surface area (Å²) in [4.78, 5) is 47.8. The second-order valence-electron chi connectivity index (χ2n) is 10.9. The second kappa shape index (κ2) is 10.9. The number of ether oxygens (including phenoxy) is 1. The Morgan fingerprint density at radius 2 is 1.73 bits per heavy atom. The van der Waals surface area contributed by atoms with Gasteiger partial charge in [-0.1, -0.05) is 45.0 Å². The first-order valence-corrected chi connectivity index (χ1v) is 12.8. The lowest BCUT2D eigenvalue weighted by molar-refractivity contribution is -0.149. The van der Waals surface area contributed by atoms with Crippen LogP contribution in [0.15, 0.2) is 30.6 Å². The van der Waals surface area contributed by atoms with E-state index >= 15 is 0 Å². The molecule has 0 saturated carbocycles. The molecule has 4 amide bonds. The molecule has 37 heavy (non-hydrogen) atoms. The molecule has 10 heteroatoms. The van der Waals surface area contributed by atoms with Crippen molar-refractivity contribution < 1.29 is 19.1 Å². The maximum Gasteiger partial charge on any atom is 0.314 e. The molecule has 0 bridgehead atoms. The number of aromatic nitrogens is 2. The number of rotatable bonds is 5. The molecular formula is C27H38N6O4. The molecule has 1 atom stereocenters. The van der Waals surface area contributed by atoms with Crippen LogP contribution in [-0.2, 0) is 39.3 Å². The number of imidazole rings is 1. The number of hydrogen-bond donors (Lipinski definition) is 1. The van der Waals surface area contributed by atoms with Crippen molar-refractivity contribution in [2.45, 2.75) is 58.2 Å². The highest BCUT2D eigenvalue weighted by molar-refractivity contribution is 5.89. The summed E-state index contributed by atoms with van der Waals surface area (Å²) in [6.07, 6.45) is 2.78. The molecule has 10 nitrogen and oxygen atoms in total. The minimum absolute atomic E-state index is 0.0853. The van der Waals surface area contributed by atoms with Crippen LogP contribution in [0.3, 0.4) is 0 Å². The number of nitrogens with two attached hydrogens (primary N) is 1. The van der Waals surface area contributed by atoms with Crippen molar-refractivity contribution >= 4 is 17.8 Å². The molecule has 1 aromatic carbocycles. The van der Waals surface area contributed by atoms with Gasteiger partial charge in [-0.15, -0.1) is 0 Å². The number of carbonyl (C=O) groups excluding carboxylic acids is 3. The third kappa shape index (κ3) is 5.95. The number of primary amides is 1. The molecule has 1 aromatic heterocycles. The zero-order valence-electron chi connectivity index (χ0n) is 22.3. The molecule has 1 saturated heterocycles. The Hall–Kier alpha value is -3.40. The van der Waals surface area contributed by atoms with Crippen LogP contribution in [0, 0.1) is 0 Å². The van der Waals surface area contributed by atoms with Gasteiger partial charge in [0.05, 0.1) is 24.3 Å². The standard InChI is InChI=1S/C27H38N6O4/c1-27(2,3)20-8-6-19(7-9-20)15-32-18-29-21-14-22(33(16-23(21)32)24(34)17-37-4)25(35)30-10-5-11-31(13-12-30)26(28)36/h6-9,18,22H,5,10-17H2,1-4H3,(H2,28,36). The molecule has 200 valence electrons. The number of benzene rings is 1. The Morgan fingerprint density at radius 1 is 1.05 bits per heavy atom. The largest absolute Gasteiger partial charge is 0.375 e. The van der Waals surface area contributed by atoms with E-state index in [1.165, 1.54) is 12.7 Å². The maximum atomic E-state index is 13.6. The van der Waals surface area contributed by atoms with E-state index in [1.54, 1.807) is 21.0 Å². The zero-order chi connectivity index (χ0) is 26.7. The summed E-state index contributed by atoms with van der Waals surface area (Å²) >= 11 is 0. The van der Waals surface area contributed by atoms with Gasteiger partial charge in [-0.05, 0) is 23.0 Å². The van der Waals surface area contributed by atoms with Crippen molar-refractivity contribution in [1.82, 2.24) is 24.3 Å². The van der Waals surface area contributed by atoms with E-state index in [9.17, 15) is 14.4 Å². The van der Waals surface area contributed by atoms with Crippen LogP contribution in [0.4, 0.5) is 4.79 Å². The molecular weight excluding hydrogens is 472 g/mol. The van der Waals surface area contributed by atoms with Crippen LogP contribution in [0.5, 0.6) is 0 Å². The van der Waals surface area contributed by atoms with Crippen LogP contribution in [0.1, 0.15) is 49.7 Å². The summed E-state index contributed by atoms with van der Waals surface area (Å²) in [5.41, 5.74) is 9.71. The third-order valence-corrected chi connectivity index (χ3v) is 7.28. The lowest BCUT2D eigenvalue weighted by Gasteiger charge is -2.37. The Bertz CT molecular complexity index is 1140. The van der Waals surface area contributed by atoms with Crippen molar-refractivity contribution in [1.29, 1.82) is 0 Å². The number of hydrogen-bond acceptors (Lipinski definition) is 5. The van der Waals surface area contributed by atoms with E-state index in [-0.39, 0.29) is 30.4 Å². The highest BCUT2D eigenvalue weighted by Gasteiger charge is 2.39.